The minimum Gasteiger partial charge on any atom is -0.479 e. The quantitative estimate of drug-likeness (QED) is 0.0864. The monoisotopic (exact) mass is 940 g/mol. The number of aliphatic hydroxyl groups excluding tert-OH is 15. The molecule has 0 aromatic heterocycles. The fourth-order valence-electron chi connectivity index (χ4n) is 8.20. The lowest BCUT2D eigenvalue weighted by molar-refractivity contribution is -0.410. The first kappa shape index (κ1) is 51.8. The number of carboxylic acid groups (broad SMARTS) is 1. The minimum absolute atomic E-state index is 0.953. The van der Waals surface area contributed by atoms with Crippen LogP contribution in [0.3, 0.4) is 0 Å². The third kappa shape index (κ3) is 10.2. The van der Waals surface area contributed by atoms with Crippen molar-refractivity contribution in [1.82, 2.24) is 0 Å². The van der Waals surface area contributed by atoms with E-state index in [4.69, 9.17) is 52.1 Å². The molecular formula is C36H60O28. The fourth-order valence-corrected chi connectivity index (χ4v) is 8.20. The van der Waals surface area contributed by atoms with Crippen LogP contribution in [0, 0.1) is 0 Å². The number of hydrogen-bond donors (Lipinski definition) is 16. The van der Waals surface area contributed by atoms with Gasteiger partial charge in [-0.25, -0.2) is 4.79 Å². The molecule has 0 spiro atoms. The number of aliphatic carboxylic acids is 1. The van der Waals surface area contributed by atoms with Crippen LogP contribution >= 0.6 is 0 Å². The highest BCUT2D eigenvalue weighted by molar-refractivity contribution is 5.73. The SMILES string of the molecule is CC1OC(OC2C(C(=O)O)OC(OC3C(OC4C(OC5C(O)OC(C)C(O)C5O)OC(C)C(O)C4O)OC(C)C(O)C3O)C(O)C2OC2OC(CO)C(O)C(O)C2O)C(O)C(O)C1O. The maximum Gasteiger partial charge on any atom is 0.335 e. The van der Waals surface area contributed by atoms with Gasteiger partial charge in [-0.1, -0.05) is 0 Å². The summed E-state index contributed by atoms with van der Waals surface area (Å²) >= 11 is 0. The molecule has 30 unspecified atom stereocenters. The molecular weight excluding hydrogens is 880 g/mol. The molecule has 30 atom stereocenters. The number of aliphatic hydroxyl groups is 15. The summed E-state index contributed by atoms with van der Waals surface area (Å²) in [4.78, 5) is 12.9. The third-order valence-electron chi connectivity index (χ3n) is 12.2. The molecule has 0 aliphatic carbocycles. The molecule has 0 aromatic rings. The molecule has 372 valence electrons. The summed E-state index contributed by atoms with van der Waals surface area (Å²) in [5.41, 5.74) is 0. The van der Waals surface area contributed by atoms with Crippen LogP contribution in [0.25, 0.3) is 0 Å². The average Bonchev–Trinajstić information content (AvgIpc) is 3.25. The molecule has 0 saturated carbocycles. The highest BCUT2D eigenvalue weighted by atomic mass is 16.8. The van der Waals surface area contributed by atoms with Crippen molar-refractivity contribution in [2.45, 2.75) is 212 Å². The molecule has 6 aliphatic rings. The molecule has 0 bridgehead atoms. The van der Waals surface area contributed by atoms with E-state index in [0.29, 0.717) is 0 Å². The molecule has 6 aliphatic heterocycles. The predicted octanol–water partition coefficient (Wildman–Crippen LogP) is -9.90. The van der Waals surface area contributed by atoms with Crippen LogP contribution in [-0.4, -0.2) is 279 Å². The smallest absolute Gasteiger partial charge is 0.335 e. The van der Waals surface area contributed by atoms with Crippen LogP contribution in [0.1, 0.15) is 27.7 Å². The Morgan fingerprint density at radius 2 is 0.734 bits per heavy atom. The first-order chi connectivity index (χ1) is 30.0. The summed E-state index contributed by atoms with van der Waals surface area (Å²) < 4.78 is 62.4. The van der Waals surface area contributed by atoms with E-state index in [1.54, 1.807) is 0 Å². The second-order valence-electron chi connectivity index (χ2n) is 16.7. The molecule has 0 radical (unpaired) electrons. The van der Waals surface area contributed by atoms with E-state index in [-0.39, 0.29) is 0 Å². The van der Waals surface area contributed by atoms with Crippen molar-refractivity contribution >= 4 is 5.97 Å². The molecule has 6 rings (SSSR count). The van der Waals surface area contributed by atoms with E-state index in [0.717, 1.165) is 0 Å². The van der Waals surface area contributed by atoms with Crippen LogP contribution in [0.5, 0.6) is 0 Å². The maximum atomic E-state index is 12.9. The summed E-state index contributed by atoms with van der Waals surface area (Å²) in [6, 6.07) is 0. The van der Waals surface area contributed by atoms with E-state index in [9.17, 15) is 86.5 Å². The van der Waals surface area contributed by atoms with Gasteiger partial charge in [-0.05, 0) is 27.7 Å². The fraction of sp³-hybridized carbons (Fsp3) is 0.972. The lowest BCUT2D eigenvalue weighted by atomic mass is 9.95. The normalized spacial score (nSPS) is 55.2. The van der Waals surface area contributed by atoms with Gasteiger partial charge in [0.15, 0.2) is 43.8 Å². The van der Waals surface area contributed by atoms with Gasteiger partial charge in [-0.15, -0.1) is 0 Å². The molecule has 28 heteroatoms. The Labute approximate surface area is 363 Å². The molecule has 0 aromatic carbocycles. The molecule has 6 fully saturated rings. The topological polar surface area (TPSA) is 442 Å². The maximum absolute atomic E-state index is 12.9. The summed E-state index contributed by atoms with van der Waals surface area (Å²) in [7, 11) is 0. The lowest BCUT2D eigenvalue weighted by Gasteiger charge is -2.50. The number of carboxylic acids is 1. The van der Waals surface area contributed by atoms with Crippen LogP contribution in [0.15, 0.2) is 0 Å². The zero-order chi connectivity index (χ0) is 47.4. The Morgan fingerprint density at radius 1 is 0.375 bits per heavy atom. The molecule has 64 heavy (non-hydrogen) atoms. The Kier molecular flexibility index (Phi) is 17.0. The van der Waals surface area contributed by atoms with Crippen molar-refractivity contribution in [3.8, 4) is 0 Å². The van der Waals surface area contributed by atoms with E-state index in [2.05, 4.69) is 0 Å². The Bertz CT molecular complexity index is 1520. The van der Waals surface area contributed by atoms with Gasteiger partial charge in [-0.2, -0.15) is 0 Å². The summed E-state index contributed by atoms with van der Waals surface area (Å²) in [5.74, 6) is -1.89. The standard InChI is InChI=1S/C36H60O28/c1-6-12(39)18(45)25(31(53)54-6)60-35-27(20(47)14(41)8(3)56-35)62-36-26(19(46)13(40)9(4)57-36)61-34-23(50)24(59-33-22(49)17(44)15(42)10(5-37)58-33)28(29(64-34)30(51)52)63-32-21(48)16(43)11(38)7(2)55-32/h6-29,31-50,53H,5H2,1-4H3,(H,51,52). The van der Waals surface area contributed by atoms with Gasteiger partial charge in [-0.3, -0.25) is 0 Å². The molecule has 28 nitrogen and oxygen atoms in total. The van der Waals surface area contributed by atoms with Crippen LogP contribution in [0.2, 0.25) is 0 Å². The first-order valence-electron chi connectivity index (χ1n) is 20.6. The van der Waals surface area contributed by atoms with Crippen molar-refractivity contribution in [3.63, 3.8) is 0 Å². The largest absolute Gasteiger partial charge is 0.479 e. The van der Waals surface area contributed by atoms with E-state index in [1.165, 1.54) is 27.7 Å². The zero-order valence-electron chi connectivity index (χ0n) is 34.6. The minimum atomic E-state index is -2.38. The summed E-state index contributed by atoms with van der Waals surface area (Å²) in [5, 5.41) is 171. The Balaban J connectivity index is 1.31. The molecule has 6 heterocycles. The van der Waals surface area contributed by atoms with Gasteiger partial charge in [0.25, 0.3) is 0 Å². The second-order valence-corrected chi connectivity index (χ2v) is 16.7. The Hall–Kier alpha value is -1.57. The van der Waals surface area contributed by atoms with Crippen LogP contribution in [-0.2, 0) is 56.9 Å². The van der Waals surface area contributed by atoms with Gasteiger partial charge < -0.3 is 134 Å². The van der Waals surface area contributed by atoms with Crippen LogP contribution < -0.4 is 0 Å². The van der Waals surface area contributed by atoms with Crippen molar-refractivity contribution in [2.24, 2.45) is 0 Å². The number of carbonyl (C=O) groups is 1. The summed E-state index contributed by atoms with van der Waals surface area (Å²) in [6.45, 7) is 4.26. The molecule has 0 amide bonds. The van der Waals surface area contributed by atoms with Crippen LogP contribution in [0.4, 0.5) is 0 Å². The van der Waals surface area contributed by atoms with Gasteiger partial charge >= 0.3 is 5.97 Å². The van der Waals surface area contributed by atoms with Gasteiger partial charge in [0.05, 0.1) is 31.0 Å². The number of rotatable bonds is 12. The van der Waals surface area contributed by atoms with E-state index >= 15 is 0 Å². The van der Waals surface area contributed by atoms with E-state index in [1.807, 2.05) is 0 Å². The van der Waals surface area contributed by atoms with Gasteiger partial charge in [0, 0.05) is 0 Å². The van der Waals surface area contributed by atoms with Crippen molar-refractivity contribution in [3.05, 3.63) is 0 Å². The molecule has 16 N–H and O–H groups in total. The average molecular weight is 941 g/mol. The second kappa shape index (κ2) is 21.0. The lowest BCUT2D eigenvalue weighted by Crippen LogP contribution is -2.69. The highest BCUT2D eigenvalue weighted by Crippen LogP contribution is 2.38. The number of hydrogen-bond acceptors (Lipinski definition) is 27. The van der Waals surface area contributed by atoms with Crippen molar-refractivity contribution < 1.29 is 139 Å². The highest BCUT2D eigenvalue weighted by Gasteiger charge is 2.59. The summed E-state index contributed by atoms with van der Waals surface area (Å²) in [6.07, 6.45) is -56.3. The van der Waals surface area contributed by atoms with Gasteiger partial charge in [0.1, 0.15) is 116 Å². The Morgan fingerprint density at radius 3 is 1.23 bits per heavy atom. The third-order valence-corrected chi connectivity index (χ3v) is 12.2. The number of ether oxygens (including phenoxy) is 11. The van der Waals surface area contributed by atoms with E-state index < -0.39 is 197 Å². The van der Waals surface area contributed by atoms with Crippen molar-refractivity contribution in [2.75, 3.05) is 6.61 Å². The first-order valence-corrected chi connectivity index (χ1v) is 20.6. The van der Waals surface area contributed by atoms with Gasteiger partial charge in [0.2, 0.25) is 0 Å². The molecule has 6 saturated heterocycles. The zero-order valence-corrected chi connectivity index (χ0v) is 34.6. The van der Waals surface area contributed by atoms with Crippen molar-refractivity contribution in [1.29, 1.82) is 0 Å². The predicted molar refractivity (Wildman–Crippen MR) is 194 cm³/mol.